The monoisotopic (exact) mass is 268 g/mol. The van der Waals surface area contributed by atoms with Crippen molar-refractivity contribution >= 4 is 17.3 Å². The highest BCUT2D eigenvalue weighted by Crippen LogP contribution is 2.25. The Bertz CT molecular complexity index is 423. The van der Waals surface area contributed by atoms with E-state index in [9.17, 15) is 23.3 Å². The topological polar surface area (TPSA) is 55.2 Å². The molecule has 1 aromatic carbocycles. The molecule has 94 valence electrons. The molecule has 4 nitrogen and oxygen atoms in total. The molecule has 0 spiro atoms. The highest BCUT2D eigenvalue weighted by Gasteiger charge is 2.26. The molecule has 0 unspecified atom stereocenters. The third-order valence-corrected chi connectivity index (χ3v) is 2.18. The molecule has 0 saturated carbocycles. The fraction of sp³-hybridized carbons (Fsp3) is 0.333. The molecule has 0 fully saturated rings. The van der Waals surface area contributed by atoms with Gasteiger partial charge in [-0.25, -0.2) is 0 Å². The molecule has 1 aromatic rings. The van der Waals surface area contributed by atoms with Crippen molar-refractivity contribution in [1.29, 1.82) is 0 Å². The molecule has 0 aliphatic carbocycles. The number of nitro benzene ring substituents is 1. The molecule has 0 aliphatic rings. The summed E-state index contributed by atoms with van der Waals surface area (Å²) in [6, 6.07) is 3.86. The minimum atomic E-state index is -4.31. The summed E-state index contributed by atoms with van der Waals surface area (Å²) in [6.07, 6.45) is -4.31. The van der Waals surface area contributed by atoms with Gasteiger partial charge in [0.2, 0.25) is 0 Å². The van der Waals surface area contributed by atoms with E-state index >= 15 is 0 Å². The van der Waals surface area contributed by atoms with E-state index in [1.165, 1.54) is 12.1 Å². The molecule has 0 atom stereocenters. The number of halogens is 4. The molecule has 8 heteroatoms. The van der Waals surface area contributed by atoms with Gasteiger partial charge in [-0.15, -0.1) is 0 Å². The number of rotatable bonds is 4. The Hall–Kier alpha value is -1.34. The van der Waals surface area contributed by atoms with E-state index in [0.717, 1.165) is 6.07 Å². The first-order valence-corrected chi connectivity index (χ1v) is 4.87. The van der Waals surface area contributed by atoms with Crippen molar-refractivity contribution in [2.24, 2.45) is 0 Å². The summed E-state index contributed by atoms with van der Waals surface area (Å²) in [5.74, 6) is 0. The van der Waals surface area contributed by atoms with Crippen molar-refractivity contribution in [2.45, 2.75) is 12.7 Å². The minimum Gasteiger partial charge on any atom is -0.305 e. The maximum atomic E-state index is 11.8. The van der Waals surface area contributed by atoms with Crippen LogP contribution in [0.1, 0.15) is 5.56 Å². The van der Waals surface area contributed by atoms with Crippen molar-refractivity contribution in [1.82, 2.24) is 5.32 Å². The van der Waals surface area contributed by atoms with Crippen LogP contribution in [-0.4, -0.2) is 17.6 Å². The second-order valence-electron chi connectivity index (χ2n) is 3.26. The number of hydrogen-bond acceptors (Lipinski definition) is 3. The van der Waals surface area contributed by atoms with Gasteiger partial charge in [0.25, 0.3) is 5.69 Å². The van der Waals surface area contributed by atoms with Crippen LogP contribution in [-0.2, 0) is 6.54 Å². The highest BCUT2D eigenvalue weighted by atomic mass is 35.5. The molecule has 0 aliphatic heterocycles. The van der Waals surface area contributed by atoms with E-state index in [1.54, 1.807) is 0 Å². The predicted octanol–water partition coefficient (Wildman–Crippen LogP) is 2.90. The smallest absolute Gasteiger partial charge is 0.305 e. The van der Waals surface area contributed by atoms with Gasteiger partial charge < -0.3 is 5.32 Å². The van der Waals surface area contributed by atoms with E-state index in [0.29, 0.717) is 5.56 Å². The van der Waals surface area contributed by atoms with Crippen molar-refractivity contribution in [2.75, 3.05) is 6.54 Å². The average molecular weight is 269 g/mol. The Morgan fingerprint density at radius 3 is 2.59 bits per heavy atom. The first-order chi connectivity index (χ1) is 7.79. The summed E-state index contributed by atoms with van der Waals surface area (Å²) in [7, 11) is 0. The van der Waals surface area contributed by atoms with E-state index in [1.807, 2.05) is 0 Å². The summed E-state index contributed by atoms with van der Waals surface area (Å²) in [6.45, 7) is -1.26. The lowest BCUT2D eigenvalue weighted by Crippen LogP contribution is -2.28. The van der Waals surface area contributed by atoms with Crippen LogP contribution in [0.5, 0.6) is 0 Å². The van der Waals surface area contributed by atoms with Gasteiger partial charge in [-0.2, -0.15) is 13.2 Å². The fourth-order valence-corrected chi connectivity index (χ4v) is 1.34. The number of nitrogens with one attached hydrogen (secondary N) is 1. The summed E-state index contributed by atoms with van der Waals surface area (Å²) < 4.78 is 35.5. The summed E-state index contributed by atoms with van der Waals surface area (Å²) in [5, 5.41) is 12.6. The minimum absolute atomic E-state index is 0.0467. The molecular weight excluding hydrogens is 261 g/mol. The van der Waals surface area contributed by atoms with Crippen LogP contribution >= 0.6 is 11.6 Å². The molecule has 0 radical (unpaired) electrons. The van der Waals surface area contributed by atoms with E-state index in [4.69, 9.17) is 11.6 Å². The summed E-state index contributed by atoms with van der Waals surface area (Å²) in [4.78, 5) is 9.84. The normalized spacial score (nSPS) is 11.5. The molecule has 0 amide bonds. The Labute approximate surface area is 99.5 Å². The van der Waals surface area contributed by atoms with Crippen LogP contribution in [0.15, 0.2) is 18.2 Å². The van der Waals surface area contributed by atoms with Crippen molar-refractivity contribution < 1.29 is 18.1 Å². The van der Waals surface area contributed by atoms with Crippen LogP contribution in [0.4, 0.5) is 18.9 Å². The fourth-order valence-electron chi connectivity index (χ4n) is 1.16. The van der Waals surface area contributed by atoms with Crippen LogP contribution in [0.3, 0.4) is 0 Å². The number of hydrogen-bond donors (Lipinski definition) is 1. The molecular formula is C9H8ClF3N2O2. The Balaban J connectivity index is 2.67. The van der Waals surface area contributed by atoms with Crippen molar-refractivity contribution in [3.63, 3.8) is 0 Å². The predicted molar refractivity (Wildman–Crippen MR) is 55.9 cm³/mol. The maximum absolute atomic E-state index is 11.8. The third-order valence-electron chi connectivity index (χ3n) is 1.86. The van der Waals surface area contributed by atoms with Gasteiger partial charge in [-0.1, -0.05) is 17.7 Å². The van der Waals surface area contributed by atoms with Gasteiger partial charge in [-0.05, 0) is 11.6 Å². The van der Waals surface area contributed by atoms with Crippen LogP contribution in [0.25, 0.3) is 0 Å². The maximum Gasteiger partial charge on any atom is 0.401 e. The van der Waals surface area contributed by atoms with Crippen molar-refractivity contribution in [3.8, 4) is 0 Å². The Morgan fingerprint density at radius 2 is 2.06 bits per heavy atom. The summed E-state index contributed by atoms with van der Waals surface area (Å²) in [5.41, 5.74) is 0.0447. The number of nitrogens with zero attached hydrogens (tertiary/aromatic N) is 1. The molecule has 0 heterocycles. The van der Waals surface area contributed by atoms with E-state index < -0.39 is 17.6 Å². The molecule has 0 saturated heterocycles. The quantitative estimate of drug-likeness (QED) is 0.675. The van der Waals surface area contributed by atoms with Gasteiger partial charge in [0.1, 0.15) is 5.02 Å². The van der Waals surface area contributed by atoms with Gasteiger partial charge in [0.05, 0.1) is 11.5 Å². The standard InChI is InChI=1S/C9H8ClF3N2O2/c10-7-2-1-6(3-8(7)15(16)17)4-14-5-9(11,12)13/h1-3,14H,4-5H2. The first-order valence-electron chi connectivity index (χ1n) is 4.50. The number of alkyl halides is 3. The molecule has 1 rings (SSSR count). The molecule has 1 N–H and O–H groups in total. The third kappa shape index (κ3) is 4.58. The van der Waals surface area contributed by atoms with E-state index in [2.05, 4.69) is 5.32 Å². The zero-order valence-corrected chi connectivity index (χ0v) is 9.18. The van der Waals surface area contributed by atoms with Gasteiger partial charge in [0, 0.05) is 12.6 Å². The van der Waals surface area contributed by atoms with Gasteiger partial charge in [-0.3, -0.25) is 10.1 Å². The molecule has 0 aromatic heterocycles. The lowest BCUT2D eigenvalue weighted by atomic mass is 10.2. The van der Waals surface area contributed by atoms with Crippen LogP contribution < -0.4 is 5.32 Å². The zero-order chi connectivity index (χ0) is 13.1. The lowest BCUT2D eigenvalue weighted by Gasteiger charge is -2.08. The molecule has 0 bridgehead atoms. The van der Waals surface area contributed by atoms with Gasteiger partial charge >= 0.3 is 6.18 Å². The zero-order valence-electron chi connectivity index (χ0n) is 8.42. The SMILES string of the molecule is O=[N+]([O-])c1cc(CNCC(F)(F)F)ccc1Cl. The van der Waals surface area contributed by atoms with Crippen molar-refractivity contribution in [3.05, 3.63) is 38.9 Å². The van der Waals surface area contributed by atoms with E-state index in [-0.39, 0.29) is 17.3 Å². The number of nitro groups is 1. The van der Waals surface area contributed by atoms with Crippen LogP contribution in [0.2, 0.25) is 5.02 Å². The van der Waals surface area contributed by atoms with Crippen LogP contribution in [0, 0.1) is 10.1 Å². The summed E-state index contributed by atoms with van der Waals surface area (Å²) >= 11 is 5.56. The first kappa shape index (κ1) is 13.7. The largest absolute Gasteiger partial charge is 0.401 e. The van der Waals surface area contributed by atoms with Gasteiger partial charge in [0.15, 0.2) is 0 Å². The lowest BCUT2D eigenvalue weighted by molar-refractivity contribution is -0.384. The number of benzene rings is 1. The Kier molecular flexibility index (Phi) is 4.30. The highest BCUT2D eigenvalue weighted by molar-refractivity contribution is 6.32. The Morgan fingerprint density at radius 1 is 1.41 bits per heavy atom. The molecule has 17 heavy (non-hydrogen) atoms. The second kappa shape index (κ2) is 5.33. The average Bonchev–Trinajstić information content (AvgIpc) is 2.18. The second-order valence-corrected chi connectivity index (χ2v) is 3.67.